The Bertz CT molecular complexity index is 624. The highest BCUT2D eigenvalue weighted by atomic mass is 16.6. The summed E-state index contributed by atoms with van der Waals surface area (Å²) in [5.74, 6) is 0.178. The molecule has 0 atom stereocenters. The molecule has 1 aliphatic rings. The van der Waals surface area contributed by atoms with Crippen LogP contribution in [-0.2, 0) is 9.53 Å². The topological polar surface area (TPSA) is 51.8 Å². The van der Waals surface area contributed by atoms with Gasteiger partial charge in [-0.2, -0.15) is 0 Å². The van der Waals surface area contributed by atoms with Crippen LogP contribution >= 0.6 is 0 Å². The average Bonchev–Trinajstić information content (AvgIpc) is 3.01. The van der Waals surface area contributed by atoms with E-state index in [-0.39, 0.29) is 11.6 Å². The van der Waals surface area contributed by atoms with E-state index in [1.807, 2.05) is 30.3 Å². The quantitative estimate of drug-likeness (QED) is 0.598. The van der Waals surface area contributed by atoms with Crippen LogP contribution < -0.4 is 0 Å². The molecule has 1 aromatic carbocycles. The van der Waals surface area contributed by atoms with E-state index in [9.17, 15) is 4.79 Å². The number of benzene rings is 1. The third kappa shape index (κ3) is 1.96. The van der Waals surface area contributed by atoms with Crippen molar-refractivity contribution in [3.05, 3.63) is 65.7 Å². The largest absolute Gasteiger partial charge is 0.459 e. The van der Waals surface area contributed by atoms with Gasteiger partial charge in [0.15, 0.2) is 11.5 Å². The fourth-order valence-corrected chi connectivity index (χ4v) is 1.62. The molecule has 1 aromatic heterocycles. The molecule has 4 heteroatoms. The number of aliphatic imine (C=N–C) groups is 1. The summed E-state index contributed by atoms with van der Waals surface area (Å²) in [5.41, 5.74) is 1.17. The van der Waals surface area contributed by atoms with Gasteiger partial charge in [-0.05, 0) is 23.8 Å². The Morgan fingerprint density at radius 2 is 1.89 bits per heavy atom. The van der Waals surface area contributed by atoms with Crippen LogP contribution in [0.25, 0.3) is 6.08 Å². The molecule has 3 rings (SSSR count). The van der Waals surface area contributed by atoms with Gasteiger partial charge in [0, 0.05) is 0 Å². The molecule has 2 heterocycles. The zero-order valence-corrected chi connectivity index (χ0v) is 9.37. The van der Waals surface area contributed by atoms with Gasteiger partial charge in [0.05, 0.1) is 6.26 Å². The number of esters is 1. The Labute approximate surface area is 103 Å². The van der Waals surface area contributed by atoms with Crippen molar-refractivity contribution in [3.8, 4) is 0 Å². The van der Waals surface area contributed by atoms with E-state index in [0.29, 0.717) is 5.76 Å². The van der Waals surface area contributed by atoms with Gasteiger partial charge in [-0.1, -0.05) is 30.3 Å². The summed E-state index contributed by atoms with van der Waals surface area (Å²) in [7, 11) is 0. The van der Waals surface area contributed by atoms with Crippen LogP contribution in [-0.4, -0.2) is 11.9 Å². The number of cyclic esters (lactones) is 1. The van der Waals surface area contributed by atoms with Crippen LogP contribution in [0.15, 0.2) is 63.8 Å². The molecular weight excluding hydrogens is 230 g/mol. The van der Waals surface area contributed by atoms with Crippen molar-refractivity contribution in [2.24, 2.45) is 4.99 Å². The molecule has 88 valence electrons. The lowest BCUT2D eigenvalue weighted by Crippen LogP contribution is -2.04. The van der Waals surface area contributed by atoms with Gasteiger partial charge in [-0.15, -0.1) is 0 Å². The molecule has 0 aliphatic carbocycles. The Balaban J connectivity index is 1.94. The summed E-state index contributed by atoms with van der Waals surface area (Å²) >= 11 is 0. The van der Waals surface area contributed by atoms with Crippen molar-refractivity contribution in [2.75, 3.05) is 0 Å². The maximum Gasteiger partial charge on any atom is 0.363 e. The SMILES string of the molecule is O=C1OC(c2ccco2)=N/C1=C/c1ccccc1. The number of carbonyl (C=O) groups is 1. The maximum atomic E-state index is 11.6. The minimum atomic E-state index is -0.467. The van der Waals surface area contributed by atoms with E-state index in [1.54, 1.807) is 18.2 Å². The van der Waals surface area contributed by atoms with E-state index in [1.165, 1.54) is 6.26 Å². The van der Waals surface area contributed by atoms with Crippen LogP contribution in [0.3, 0.4) is 0 Å². The van der Waals surface area contributed by atoms with Gasteiger partial charge in [0.25, 0.3) is 5.90 Å². The first kappa shape index (κ1) is 10.5. The summed E-state index contributed by atoms with van der Waals surface area (Å²) in [6, 6.07) is 12.9. The lowest BCUT2D eigenvalue weighted by atomic mass is 10.2. The predicted octanol–water partition coefficient (Wildman–Crippen LogP) is 2.62. The third-order valence-electron chi connectivity index (χ3n) is 2.46. The molecule has 0 bridgehead atoms. The molecule has 0 fully saturated rings. The van der Waals surface area contributed by atoms with Crippen molar-refractivity contribution < 1.29 is 13.9 Å². The second kappa shape index (κ2) is 4.33. The first-order valence-electron chi connectivity index (χ1n) is 5.44. The van der Waals surface area contributed by atoms with E-state index in [4.69, 9.17) is 9.15 Å². The van der Waals surface area contributed by atoms with Crippen LogP contribution in [0.1, 0.15) is 11.3 Å². The lowest BCUT2D eigenvalue weighted by Gasteiger charge is -1.92. The van der Waals surface area contributed by atoms with E-state index in [2.05, 4.69) is 4.99 Å². The molecule has 0 N–H and O–H groups in total. The fourth-order valence-electron chi connectivity index (χ4n) is 1.62. The molecule has 4 nitrogen and oxygen atoms in total. The second-order valence-corrected chi connectivity index (χ2v) is 3.72. The number of hydrogen-bond donors (Lipinski definition) is 0. The van der Waals surface area contributed by atoms with E-state index < -0.39 is 5.97 Å². The second-order valence-electron chi connectivity index (χ2n) is 3.72. The average molecular weight is 239 g/mol. The number of ether oxygens (including phenoxy) is 1. The number of nitrogens with zero attached hydrogens (tertiary/aromatic N) is 1. The normalized spacial score (nSPS) is 16.8. The number of hydrogen-bond acceptors (Lipinski definition) is 4. The molecule has 0 saturated carbocycles. The highest BCUT2D eigenvalue weighted by Gasteiger charge is 2.25. The highest BCUT2D eigenvalue weighted by molar-refractivity contribution is 6.11. The summed E-state index contributed by atoms with van der Waals surface area (Å²) in [5, 5.41) is 0. The molecule has 1 aliphatic heterocycles. The molecule has 18 heavy (non-hydrogen) atoms. The van der Waals surface area contributed by atoms with Crippen LogP contribution in [0.2, 0.25) is 0 Å². The Hall–Kier alpha value is -2.62. The number of carbonyl (C=O) groups excluding carboxylic acids is 1. The van der Waals surface area contributed by atoms with Crippen molar-refractivity contribution in [2.45, 2.75) is 0 Å². The zero-order chi connectivity index (χ0) is 12.4. The van der Waals surface area contributed by atoms with Gasteiger partial charge in [-0.25, -0.2) is 9.79 Å². The monoisotopic (exact) mass is 239 g/mol. The number of furan rings is 1. The first-order valence-corrected chi connectivity index (χ1v) is 5.44. The van der Waals surface area contributed by atoms with Crippen LogP contribution in [0.5, 0.6) is 0 Å². The highest BCUT2D eigenvalue weighted by Crippen LogP contribution is 2.18. The Kier molecular flexibility index (Phi) is 2.53. The molecule has 0 unspecified atom stereocenters. The number of rotatable bonds is 2. The molecule has 0 spiro atoms. The van der Waals surface area contributed by atoms with Gasteiger partial charge in [0.1, 0.15) is 0 Å². The molecule has 0 saturated heterocycles. The molecule has 0 amide bonds. The van der Waals surface area contributed by atoms with Gasteiger partial charge in [-0.3, -0.25) is 0 Å². The Morgan fingerprint density at radius 1 is 1.06 bits per heavy atom. The predicted molar refractivity (Wildman–Crippen MR) is 65.8 cm³/mol. The molecule has 0 radical (unpaired) electrons. The van der Waals surface area contributed by atoms with Crippen LogP contribution in [0, 0.1) is 0 Å². The van der Waals surface area contributed by atoms with Crippen molar-refractivity contribution in [3.63, 3.8) is 0 Å². The van der Waals surface area contributed by atoms with Gasteiger partial charge >= 0.3 is 5.97 Å². The van der Waals surface area contributed by atoms with Crippen molar-refractivity contribution >= 4 is 17.9 Å². The maximum absolute atomic E-state index is 11.6. The summed E-state index contributed by atoms with van der Waals surface area (Å²) in [4.78, 5) is 15.8. The van der Waals surface area contributed by atoms with Gasteiger partial charge in [0.2, 0.25) is 0 Å². The fraction of sp³-hybridized carbons (Fsp3) is 0. The summed E-state index contributed by atoms with van der Waals surface area (Å²) < 4.78 is 10.2. The standard InChI is InChI=1S/C14H9NO3/c16-14-11(9-10-5-2-1-3-6-10)15-13(18-14)12-7-4-8-17-12/h1-9H/b11-9+. The Morgan fingerprint density at radius 3 is 2.61 bits per heavy atom. The van der Waals surface area contributed by atoms with E-state index >= 15 is 0 Å². The summed E-state index contributed by atoms with van der Waals surface area (Å²) in [6.45, 7) is 0. The van der Waals surface area contributed by atoms with Crippen molar-refractivity contribution in [1.82, 2.24) is 0 Å². The molecular formula is C14H9NO3. The van der Waals surface area contributed by atoms with Crippen LogP contribution in [0.4, 0.5) is 0 Å². The minimum Gasteiger partial charge on any atom is -0.459 e. The van der Waals surface area contributed by atoms with E-state index in [0.717, 1.165) is 5.56 Å². The smallest absolute Gasteiger partial charge is 0.363 e. The lowest BCUT2D eigenvalue weighted by molar-refractivity contribution is -0.130. The zero-order valence-electron chi connectivity index (χ0n) is 9.37. The molecule has 2 aromatic rings. The third-order valence-corrected chi connectivity index (χ3v) is 2.46. The minimum absolute atomic E-state index is 0.201. The van der Waals surface area contributed by atoms with Gasteiger partial charge < -0.3 is 9.15 Å². The van der Waals surface area contributed by atoms with Crippen molar-refractivity contribution in [1.29, 1.82) is 0 Å². The first-order chi connectivity index (χ1) is 8.83. The summed E-state index contributed by atoms with van der Waals surface area (Å²) in [6.07, 6.45) is 3.18.